The lowest BCUT2D eigenvalue weighted by Crippen LogP contribution is -2.04. The first-order valence-electron chi connectivity index (χ1n) is 4.10. The van der Waals surface area contributed by atoms with Crippen molar-refractivity contribution < 1.29 is 19.0 Å². The quantitative estimate of drug-likeness (QED) is 0.805. The van der Waals surface area contributed by atoms with Crippen LogP contribution in [0.15, 0.2) is 12.1 Å². The highest BCUT2D eigenvalue weighted by Gasteiger charge is 2.12. The molecule has 0 aliphatic heterocycles. The van der Waals surface area contributed by atoms with E-state index in [1.807, 2.05) is 0 Å². The highest BCUT2D eigenvalue weighted by Crippen LogP contribution is 2.25. The summed E-state index contributed by atoms with van der Waals surface area (Å²) in [7, 11) is 1.40. The summed E-state index contributed by atoms with van der Waals surface area (Å²) >= 11 is 0. The number of carboxylic acid groups (broad SMARTS) is 1. The molecule has 0 aliphatic carbocycles. The third kappa shape index (κ3) is 2.02. The third-order valence-corrected chi connectivity index (χ3v) is 1.97. The average molecular weight is 198 g/mol. The molecule has 0 heterocycles. The standard InChI is InChI=1S/C10H11FO3/c1-6-8(11)4-3-7(5-9(12)13)10(6)14-2/h3-4H,5H2,1-2H3,(H,12,13). The van der Waals surface area contributed by atoms with Crippen LogP contribution in [-0.2, 0) is 11.2 Å². The Bertz CT molecular complexity index is 361. The largest absolute Gasteiger partial charge is 0.496 e. The second-order valence-electron chi connectivity index (χ2n) is 2.94. The molecule has 0 saturated heterocycles. The molecular weight excluding hydrogens is 187 g/mol. The van der Waals surface area contributed by atoms with E-state index in [1.165, 1.54) is 19.2 Å². The molecule has 0 unspecified atom stereocenters. The summed E-state index contributed by atoms with van der Waals surface area (Å²) in [6.07, 6.45) is -0.162. The summed E-state index contributed by atoms with van der Waals surface area (Å²) in [5.74, 6) is -1.04. The van der Waals surface area contributed by atoms with Crippen LogP contribution in [0.2, 0.25) is 0 Å². The molecule has 4 heteroatoms. The van der Waals surface area contributed by atoms with Crippen molar-refractivity contribution in [3.05, 3.63) is 29.1 Å². The first-order valence-corrected chi connectivity index (χ1v) is 4.10. The lowest BCUT2D eigenvalue weighted by Gasteiger charge is -2.10. The summed E-state index contributed by atoms with van der Waals surface area (Å²) < 4.78 is 18.0. The molecule has 1 aromatic rings. The molecule has 3 nitrogen and oxygen atoms in total. The van der Waals surface area contributed by atoms with Gasteiger partial charge in [0, 0.05) is 11.1 Å². The normalized spacial score (nSPS) is 9.93. The Morgan fingerprint density at radius 1 is 1.57 bits per heavy atom. The Hall–Kier alpha value is -1.58. The Balaban J connectivity index is 3.17. The molecule has 0 saturated carbocycles. The topological polar surface area (TPSA) is 46.5 Å². The fourth-order valence-electron chi connectivity index (χ4n) is 1.31. The van der Waals surface area contributed by atoms with Crippen LogP contribution in [0.25, 0.3) is 0 Å². The van der Waals surface area contributed by atoms with Crippen molar-refractivity contribution in [2.45, 2.75) is 13.3 Å². The Morgan fingerprint density at radius 2 is 2.21 bits per heavy atom. The Morgan fingerprint density at radius 3 is 2.71 bits per heavy atom. The number of aliphatic carboxylic acids is 1. The zero-order valence-electron chi connectivity index (χ0n) is 8.00. The van der Waals surface area contributed by atoms with E-state index in [1.54, 1.807) is 6.92 Å². The fraction of sp³-hybridized carbons (Fsp3) is 0.300. The number of hydrogen-bond donors (Lipinski definition) is 1. The van der Waals surface area contributed by atoms with Gasteiger partial charge in [0.05, 0.1) is 13.5 Å². The lowest BCUT2D eigenvalue weighted by atomic mass is 10.1. The van der Waals surface area contributed by atoms with Gasteiger partial charge in [0.25, 0.3) is 0 Å². The fourth-order valence-corrected chi connectivity index (χ4v) is 1.31. The number of carbonyl (C=O) groups is 1. The van der Waals surface area contributed by atoms with Gasteiger partial charge in [-0.25, -0.2) is 4.39 Å². The second kappa shape index (κ2) is 4.09. The number of methoxy groups -OCH3 is 1. The van der Waals surface area contributed by atoms with Crippen molar-refractivity contribution in [1.82, 2.24) is 0 Å². The number of rotatable bonds is 3. The predicted octanol–water partition coefficient (Wildman–Crippen LogP) is 1.77. The van der Waals surface area contributed by atoms with Gasteiger partial charge in [0.15, 0.2) is 0 Å². The number of ether oxygens (including phenoxy) is 1. The van der Waals surface area contributed by atoms with Gasteiger partial charge in [-0.3, -0.25) is 4.79 Å². The highest BCUT2D eigenvalue weighted by molar-refractivity contribution is 5.71. The molecule has 0 bridgehead atoms. The maximum absolute atomic E-state index is 13.1. The van der Waals surface area contributed by atoms with Gasteiger partial charge in [-0.2, -0.15) is 0 Å². The lowest BCUT2D eigenvalue weighted by molar-refractivity contribution is -0.136. The molecule has 1 aromatic carbocycles. The van der Waals surface area contributed by atoms with Crippen molar-refractivity contribution in [3.63, 3.8) is 0 Å². The first-order chi connectivity index (χ1) is 6.56. The summed E-state index contributed by atoms with van der Waals surface area (Å²) in [4.78, 5) is 10.5. The van der Waals surface area contributed by atoms with Crippen LogP contribution in [0, 0.1) is 12.7 Å². The van der Waals surface area contributed by atoms with E-state index in [0.717, 1.165) is 0 Å². The maximum Gasteiger partial charge on any atom is 0.307 e. The van der Waals surface area contributed by atoms with Gasteiger partial charge in [0.1, 0.15) is 11.6 Å². The van der Waals surface area contributed by atoms with E-state index in [4.69, 9.17) is 9.84 Å². The molecular formula is C10H11FO3. The third-order valence-electron chi connectivity index (χ3n) is 1.97. The number of benzene rings is 1. The minimum absolute atomic E-state index is 0.162. The monoisotopic (exact) mass is 198 g/mol. The maximum atomic E-state index is 13.1. The molecule has 0 atom stereocenters. The van der Waals surface area contributed by atoms with E-state index < -0.39 is 11.8 Å². The van der Waals surface area contributed by atoms with Crippen LogP contribution in [-0.4, -0.2) is 18.2 Å². The zero-order valence-corrected chi connectivity index (χ0v) is 8.00. The smallest absolute Gasteiger partial charge is 0.307 e. The van der Waals surface area contributed by atoms with Gasteiger partial charge < -0.3 is 9.84 Å². The van der Waals surface area contributed by atoms with Crippen LogP contribution < -0.4 is 4.74 Å². The van der Waals surface area contributed by atoms with E-state index in [-0.39, 0.29) is 6.42 Å². The minimum Gasteiger partial charge on any atom is -0.496 e. The molecule has 1 N–H and O–H groups in total. The second-order valence-corrected chi connectivity index (χ2v) is 2.94. The molecule has 0 fully saturated rings. The molecule has 0 amide bonds. The summed E-state index contributed by atoms with van der Waals surface area (Å²) in [5, 5.41) is 8.60. The van der Waals surface area contributed by atoms with E-state index in [0.29, 0.717) is 16.9 Å². The van der Waals surface area contributed by atoms with Crippen LogP contribution in [0.4, 0.5) is 4.39 Å². The van der Waals surface area contributed by atoms with Gasteiger partial charge in [0.2, 0.25) is 0 Å². The summed E-state index contributed by atoms with van der Waals surface area (Å²) in [6, 6.07) is 2.67. The van der Waals surface area contributed by atoms with E-state index >= 15 is 0 Å². The van der Waals surface area contributed by atoms with Crippen molar-refractivity contribution in [1.29, 1.82) is 0 Å². The minimum atomic E-state index is -0.964. The molecule has 0 radical (unpaired) electrons. The van der Waals surface area contributed by atoms with E-state index in [2.05, 4.69) is 0 Å². The predicted molar refractivity (Wildman–Crippen MR) is 49.0 cm³/mol. The summed E-state index contributed by atoms with van der Waals surface area (Å²) in [6.45, 7) is 1.56. The molecule has 0 aromatic heterocycles. The molecule has 0 spiro atoms. The molecule has 1 rings (SSSR count). The number of hydrogen-bond acceptors (Lipinski definition) is 2. The number of halogens is 1. The van der Waals surface area contributed by atoms with Gasteiger partial charge >= 0.3 is 5.97 Å². The summed E-state index contributed by atoms with van der Waals surface area (Å²) in [5.41, 5.74) is 0.824. The van der Waals surface area contributed by atoms with Crippen LogP contribution in [0.1, 0.15) is 11.1 Å². The molecule has 0 aliphatic rings. The zero-order chi connectivity index (χ0) is 10.7. The van der Waals surface area contributed by atoms with Crippen molar-refractivity contribution in [2.24, 2.45) is 0 Å². The van der Waals surface area contributed by atoms with Crippen molar-refractivity contribution in [2.75, 3.05) is 7.11 Å². The van der Waals surface area contributed by atoms with Crippen LogP contribution >= 0.6 is 0 Å². The Kier molecular flexibility index (Phi) is 3.06. The van der Waals surface area contributed by atoms with Gasteiger partial charge in [-0.05, 0) is 13.0 Å². The highest BCUT2D eigenvalue weighted by atomic mass is 19.1. The van der Waals surface area contributed by atoms with Crippen LogP contribution in [0.5, 0.6) is 5.75 Å². The number of carboxylic acids is 1. The van der Waals surface area contributed by atoms with Crippen LogP contribution in [0.3, 0.4) is 0 Å². The molecule has 76 valence electrons. The van der Waals surface area contributed by atoms with E-state index in [9.17, 15) is 9.18 Å². The van der Waals surface area contributed by atoms with Crippen molar-refractivity contribution >= 4 is 5.97 Å². The Labute approximate surface area is 81.1 Å². The SMILES string of the molecule is COc1c(CC(=O)O)ccc(F)c1C. The van der Waals surface area contributed by atoms with Gasteiger partial charge in [-0.1, -0.05) is 6.07 Å². The molecule has 14 heavy (non-hydrogen) atoms. The average Bonchev–Trinajstić information content (AvgIpc) is 2.11. The van der Waals surface area contributed by atoms with Crippen molar-refractivity contribution in [3.8, 4) is 5.75 Å². The van der Waals surface area contributed by atoms with Gasteiger partial charge in [-0.15, -0.1) is 0 Å². The first kappa shape index (κ1) is 10.5.